The van der Waals surface area contributed by atoms with Crippen LogP contribution >= 0.6 is 8.69 Å². The van der Waals surface area contributed by atoms with Gasteiger partial charge in [0.25, 0.3) is 0 Å². The molecule has 0 aliphatic heterocycles. The lowest BCUT2D eigenvalue weighted by molar-refractivity contribution is 0.326. The second-order valence-electron chi connectivity index (χ2n) is 2.05. The summed E-state index contributed by atoms with van der Waals surface area (Å²) < 4.78 is 14.3. The van der Waals surface area contributed by atoms with Crippen LogP contribution in [0.2, 0.25) is 0 Å². The number of rotatable bonds is 5. The summed E-state index contributed by atoms with van der Waals surface area (Å²) in [5.74, 6) is 0. The van der Waals surface area contributed by atoms with E-state index in [1.807, 2.05) is 6.92 Å². The second kappa shape index (κ2) is 6.14. The fourth-order valence-corrected chi connectivity index (χ4v) is 0.747. The third kappa shape index (κ3) is 8.02. The third-order valence-corrected chi connectivity index (χ3v) is 1.29. The topological polar surface area (TPSA) is 52.3 Å². The summed E-state index contributed by atoms with van der Waals surface area (Å²) in [6.45, 7) is 2.50. The monoisotopic (exact) mass is 150 g/mol. The van der Waals surface area contributed by atoms with E-state index in [-0.39, 0.29) is 6.04 Å². The molecule has 0 aromatic carbocycles. The Morgan fingerprint density at radius 2 is 2.44 bits per heavy atom. The zero-order chi connectivity index (χ0) is 7.11. The largest absolute Gasteiger partial charge is 0.494 e. The zero-order valence-electron chi connectivity index (χ0n) is 5.59. The quantitative estimate of drug-likeness (QED) is 0.471. The van der Waals surface area contributed by atoms with E-state index in [0.29, 0.717) is 6.61 Å². The lowest BCUT2D eigenvalue weighted by Crippen LogP contribution is -2.14. The molecule has 0 aliphatic carbocycles. The fourth-order valence-electron chi connectivity index (χ4n) is 0.519. The maximum absolute atomic E-state index is 9.75. The SMILES string of the molecule is C[C@@H](N)CCCO[PH+]=O. The summed E-state index contributed by atoms with van der Waals surface area (Å²) >= 11 is 0. The average molecular weight is 150 g/mol. The predicted octanol–water partition coefficient (Wildman–Crippen LogP) is 1.07. The van der Waals surface area contributed by atoms with Crippen molar-refractivity contribution < 1.29 is 9.09 Å². The Bertz CT molecular complexity index is 77.4. The van der Waals surface area contributed by atoms with E-state index in [9.17, 15) is 4.57 Å². The molecule has 4 heteroatoms. The van der Waals surface area contributed by atoms with Crippen molar-refractivity contribution in [1.82, 2.24) is 0 Å². The minimum atomic E-state index is -0.630. The summed E-state index contributed by atoms with van der Waals surface area (Å²) in [5.41, 5.74) is 5.44. The minimum Gasteiger partial charge on any atom is -0.328 e. The summed E-state index contributed by atoms with van der Waals surface area (Å²) in [5, 5.41) is 0. The van der Waals surface area contributed by atoms with Crippen molar-refractivity contribution in [3.63, 3.8) is 0 Å². The van der Waals surface area contributed by atoms with E-state index in [1.165, 1.54) is 0 Å². The average Bonchev–Trinajstić information content (AvgIpc) is 1.80. The molecule has 9 heavy (non-hydrogen) atoms. The highest BCUT2D eigenvalue weighted by Gasteiger charge is 1.95. The van der Waals surface area contributed by atoms with E-state index >= 15 is 0 Å². The van der Waals surface area contributed by atoms with Gasteiger partial charge >= 0.3 is 8.69 Å². The van der Waals surface area contributed by atoms with Crippen molar-refractivity contribution in [1.29, 1.82) is 0 Å². The van der Waals surface area contributed by atoms with E-state index in [0.717, 1.165) is 12.8 Å². The molecule has 0 fully saturated rings. The molecule has 0 radical (unpaired) electrons. The molecule has 0 rings (SSSR count). The standard InChI is InChI=1S/C5H13NO2P/c1-5(6)3-2-4-8-9-7/h5,9H,2-4,6H2,1H3/q+1/t5-/m1/s1. The molecule has 0 amide bonds. The normalized spacial score (nSPS) is 14.0. The Morgan fingerprint density at radius 3 is 2.89 bits per heavy atom. The summed E-state index contributed by atoms with van der Waals surface area (Å²) in [6, 6.07) is 0.226. The molecule has 1 unspecified atom stereocenters. The molecule has 0 aliphatic rings. The Kier molecular flexibility index (Phi) is 6.16. The van der Waals surface area contributed by atoms with Crippen LogP contribution in [0.4, 0.5) is 0 Å². The Hall–Kier alpha value is 0.0200. The smallest absolute Gasteiger partial charge is 0.328 e. The highest BCUT2D eigenvalue weighted by atomic mass is 31.1. The molecule has 0 aromatic rings. The van der Waals surface area contributed by atoms with Crippen LogP contribution in [0, 0.1) is 0 Å². The summed E-state index contributed by atoms with van der Waals surface area (Å²) in [6.07, 6.45) is 1.83. The molecule has 0 heterocycles. The maximum atomic E-state index is 9.75. The van der Waals surface area contributed by atoms with Crippen LogP contribution in [0.25, 0.3) is 0 Å². The van der Waals surface area contributed by atoms with Crippen LogP contribution in [-0.4, -0.2) is 12.6 Å². The van der Waals surface area contributed by atoms with E-state index in [4.69, 9.17) is 5.73 Å². The molecular formula is C5H13NO2P+. The molecule has 0 saturated heterocycles. The van der Waals surface area contributed by atoms with Crippen LogP contribution in [0.15, 0.2) is 0 Å². The van der Waals surface area contributed by atoms with Crippen LogP contribution in [0.1, 0.15) is 19.8 Å². The van der Waals surface area contributed by atoms with Gasteiger partial charge in [0.05, 0.1) is 0 Å². The lowest BCUT2D eigenvalue weighted by atomic mass is 10.2. The van der Waals surface area contributed by atoms with Crippen molar-refractivity contribution in [3.8, 4) is 0 Å². The van der Waals surface area contributed by atoms with E-state index in [1.54, 1.807) is 0 Å². The van der Waals surface area contributed by atoms with Gasteiger partial charge in [-0.15, -0.1) is 4.52 Å². The molecular weight excluding hydrogens is 137 g/mol. The third-order valence-electron chi connectivity index (χ3n) is 0.965. The molecule has 3 nitrogen and oxygen atoms in total. The maximum Gasteiger partial charge on any atom is 0.494 e. The van der Waals surface area contributed by atoms with Gasteiger partial charge in [0.15, 0.2) is 0 Å². The van der Waals surface area contributed by atoms with Gasteiger partial charge in [0.1, 0.15) is 6.61 Å². The van der Waals surface area contributed by atoms with Gasteiger partial charge < -0.3 is 5.73 Å². The van der Waals surface area contributed by atoms with Crippen LogP contribution < -0.4 is 5.73 Å². The highest BCUT2D eigenvalue weighted by Crippen LogP contribution is 1.99. The van der Waals surface area contributed by atoms with Gasteiger partial charge in [0.2, 0.25) is 0 Å². The van der Waals surface area contributed by atoms with Gasteiger partial charge in [-0.25, -0.2) is 0 Å². The molecule has 0 saturated carbocycles. The predicted molar refractivity (Wildman–Crippen MR) is 37.8 cm³/mol. The number of hydrogen-bond donors (Lipinski definition) is 1. The van der Waals surface area contributed by atoms with Crippen molar-refractivity contribution in [2.75, 3.05) is 6.61 Å². The highest BCUT2D eigenvalue weighted by molar-refractivity contribution is 7.17. The van der Waals surface area contributed by atoms with E-state index in [2.05, 4.69) is 4.52 Å². The first-order valence-corrected chi connectivity index (χ1v) is 3.83. The summed E-state index contributed by atoms with van der Waals surface area (Å²) in [7, 11) is -0.630. The van der Waals surface area contributed by atoms with Crippen LogP contribution in [0.3, 0.4) is 0 Å². The molecule has 0 aromatic heterocycles. The molecule has 0 spiro atoms. The van der Waals surface area contributed by atoms with Gasteiger partial charge in [-0.1, -0.05) is 0 Å². The first kappa shape index (κ1) is 9.02. The molecule has 2 N–H and O–H groups in total. The van der Waals surface area contributed by atoms with Crippen molar-refractivity contribution in [2.45, 2.75) is 25.8 Å². The van der Waals surface area contributed by atoms with Crippen molar-refractivity contribution in [2.24, 2.45) is 5.73 Å². The molecule has 0 bridgehead atoms. The first-order chi connectivity index (χ1) is 4.27. The summed E-state index contributed by atoms with van der Waals surface area (Å²) in [4.78, 5) is 0. The Morgan fingerprint density at radius 1 is 1.78 bits per heavy atom. The Labute approximate surface area is 56.9 Å². The van der Waals surface area contributed by atoms with Gasteiger partial charge in [-0.3, -0.25) is 0 Å². The molecule has 2 atom stereocenters. The van der Waals surface area contributed by atoms with Crippen molar-refractivity contribution >= 4 is 8.69 Å². The minimum absolute atomic E-state index is 0.226. The number of hydrogen-bond acceptors (Lipinski definition) is 3. The van der Waals surface area contributed by atoms with Gasteiger partial charge in [-0.2, -0.15) is 0 Å². The second-order valence-corrected chi connectivity index (χ2v) is 2.51. The van der Waals surface area contributed by atoms with Gasteiger partial charge in [-0.05, 0) is 24.3 Å². The fraction of sp³-hybridized carbons (Fsp3) is 1.00. The molecule has 54 valence electrons. The van der Waals surface area contributed by atoms with Crippen LogP contribution in [0.5, 0.6) is 0 Å². The number of nitrogens with two attached hydrogens (primary N) is 1. The van der Waals surface area contributed by atoms with Crippen molar-refractivity contribution in [3.05, 3.63) is 0 Å². The first-order valence-electron chi connectivity index (χ1n) is 3.02. The lowest BCUT2D eigenvalue weighted by Gasteiger charge is -1.99. The zero-order valence-corrected chi connectivity index (χ0v) is 6.59. The Balaban J connectivity index is 2.82. The van der Waals surface area contributed by atoms with E-state index < -0.39 is 8.69 Å². The van der Waals surface area contributed by atoms with Crippen LogP contribution in [-0.2, 0) is 9.09 Å². The van der Waals surface area contributed by atoms with Gasteiger partial charge in [0, 0.05) is 6.04 Å².